The molecule has 0 fully saturated rings. The second kappa shape index (κ2) is 4.56. The molecular weight excluding hydrogens is 222 g/mol. The van der Waals surface area contributed by atoms with E-state index in [2.05, 4.69) is 10.1 Å². The second-order valence-electron chi connectivity index (χ2n) is 2.59. The molecule has 1 aromatic heterocycles. The molecule has 0 radical (unpaired) electrons. The Labute approximate surface area is 90.3 Å². The second-order valence-corrected chi connectivity index (χ2v) is 2.98. The van der Waals surface area contributed by atoms with E-state index in [9.17, 15) is 10.1 Å². The summed E-state index contributed by atoms with van der Waals surface area (Å²) in [6.07, 6.45) is 1.44. The number of aromatic nitrogens is 1. The number of rotatable bonds is 2. The Bertz CT molecular complexity index is 391. The summed E-state index contributed by atoms with van der Waals surface area (Å²) in [7, 11) is 1.53. The predicted octanol–water partition coefficient (Wildman–Crippen LogP) is 0.678. The summed E-state index contributed by atoms with van der Waals surface area (Å²) in [5.74, 6) is -0.232. The van der Waals surface area contributed by atoms with Crippen LogP contribution in [0, 0.1) is 10.1 Å². The van der Waals surface area contributed by atoms with Gasteiger partial charge in [-0.3, -0.25) is 0 Å². The number of nitrogens with two attached hydrogens (primary N) is 1. The van der Waals surface area contributed by atoms with Crippen molar-refractivity contribution in [1.29, 1.82) is 0 Å². The van der Waals surface area contributed by atoms with Crippen molar-refractivity contribution in [1.82, 2.24) is 4.98 Å². The lowest BCUT2D eigenvalue weighted by atomic mass is 10.4. The van der Waals surface area contributed by atoms with Gasteiger partial charge in [0.15, 0.2) is 5.03 Å². The van der Waals surface area contributed by atoms with Gasteiger partial charge in [0.2, 0.25) is 0 Å². The Morgan fingerprint density at radius 3 is 2.87 bits per heavy atom. The summed E-state index contributed by atoms with van der Waals surface area (Å²) < 4.78 is 0. The summed E-state index contributed by atoms with van der Waals surface area (Å²) in [6, 6.07) is 3.17. The average molecular weight is 230 g/mol. The summed E-state index contributed by atoms with van der Waals surface area (Å²) in [5, 5.41) is 12.5. The zero-order chi connectivity index (χ0) is 11.4. The van der Waals surface area contributed by atoms with E-state index in [1.54, 1.807) is 12.1 Å². The molecule has 0 unspecified atom stereocenters. The highest BCUT2D eigenvalue weighted by molar-refractivity contribution is 6.29. The first-order chi connectivity index (χ1) is 7.00. The maximum absolute atomic E-state index is 10.1. The van der Waals surface area contributed by atoms with Crippen molar-refractivity contribution in [2.24, 2.45) is 10.8 Å². The molecule has 15 heavy (non-hydrogen) atoms. The van der Waals surface area contributed by atoms with Crippen LogP contribution in [0.3, 0.4) is 0 Å². The van der Waals surface area contributed by atoms with Gasteiger partial charge < -0.3 is 10.6 Å². The highest BCUT2D eigenvalue weighted by Crippen LogP contribution is 2.13. The molecule has 0 aliphatic rings. The third kappa shape index (κ3) is 3.06. The number of hydrogen-bond acceptors (Lipinski definition) is 3. The first-order valence-corrected chi connectivity index (χ1v) is 4.22. The monoisotopic (exact) mass is 229 g/mol. The van der Waals surface area contributed by atoms with E-state index >= 15 is 0 Å². The van der Waals surface area contributed by atoms with E-state index < -0.39 is 5.03 Å². The van der Waals surface area contributed by atoms with Crippen molar-refractivity contribution in [2.45, 2.75) is 0 Å². The van der Waals surface area contributed by atoms with E-state index in [-0.39, 0.29) is 5.96 Å². The minimum Gasteiger partial charge on any atom is -0.364 e. The van der Waals surface area contributed by atoms with Crippen LogP contribution in [0.5, 0.6) is 0 Å². The van der Waals surface area contributed by atoms with Crippen LogP contribution in [0.1, 0.15) is 0 Å². The summed E-state index contributed by atoms with van der Waals surface area (Å²) in [4.78, 5) is 15.2. The van der Waals surface area contributed by atoms with Gasteiger partial charge >= 0.3 is 0 Å². The topological polar surface area (TPSA) is 97.6 Å². The van der Waals surface area contributed by atoms with E-state index in [1.165, 1.54) is 18.1 Å². The predicted molar refractivity (Wildman–Crippen MR) is 56.3 cm³/mol. The molecule has 0 atom stereocenters. The largest absolute Gasteiger partial charge is 0.364 e. The third-order valence-corrected chi connectivity index (χ3v) is 1.85. The van der Waals surface area contributed by atoms with Gasteiger partial charge in [-0.2, -0.15) is 0 Å². The van der Waals surface area contributed by atoms with Crippen molar-refractivity contribution in [3.63, 3.8) is 0 Å². The molecule has 0 saturated heterocycles. The number of nitro groups is 1. The molecule has 0 aliphatic heterocycles. The molecule has 0 bridgehead atoms. The number of hydrazone groups is 1. The van der Waals surface area contributed by atoms with Gasteiger partial charge in [0.25, 0.3) is 5.96 Å². The first-order valence-electron chi connectivity index (χ1n) is 3.84. The first kappa shape index (κ1) is 11.2. The molecule has 0 amide bonds. The summed E-state index contributed by atoms with van der Waals surface area (Å²) in [6.45, 7) is 0. The van der Waals surface area contributed by atoms with Crippen molar-refractivity contribution in [3.8, 4) is 0 Å². The Kier molecular flexibility index (Phi) is 3.40. The minimum absolute atomic E-state index is 0.232. The highest BCUT2D eigenvalue weighted by atomic mass is 35.5. The van der Waals surface area contributed by atoms with Crippen LogP contribution >= 0.6 is 11.6 Å². The third-order valence-electron chi connectivity index (χ3n) is 1.63. The molecular formula is C7H8ClN5O2. The number of nitrogens with zero attached hydrogens (tertiary/aromatic N) is 4. The summed E-state index contributed by atoms with van der Waals surface area (Å²) >= 11 is 5.58. The lowest BCUT2D eigenvalue weighted by Gasteiger charge is -2.14. The Balaban J connectivity index is 2.89. The molecule has 7 nitrogen and oxygen atoms in total. The molecule has 0 aromatic carbocycles. The molecule has 1 rings (SSSR count). The molecule has 1 aromatic rings. The van der Waals surface area contributed by atoms with Gasteiger partial charge in [0.05, 0.1) is 11.9 Å². The van der Waals surface area contributed by atoms with Crippen molar-refractivity contribution < 1.29 is 5.03 Å². The lowest BCUT2D eigenvalue weighted by Crippen LogP contribution is -2.34. The maximum Gasteiger partial charge on any atom is 0.273 e. The van der Waals surface area contributed by atoms with Crippen molar-refractivity contribution >= 4 is 23.2 Å². The number of pyridine rings is 1. The molecule has 1 heterocycles. The smallest absolute Gasteiger partial charge is 0.273 e. The Morgan fingerprint density at radius 1 is 1.73 bits per heavy atom. The van der Waals surface area contributed by atoms with Gasteiger partial charge in [0.1, 0.15) is 10.3 Å². The Morgan fingerprint density at radius 2 is 2.40 bits per heavy atom. The Hall–Kier alpha value is -1.89. The number of halogens is 1. The van der Waals surface area contributed by atoms with Crippen LogP contribution in [-0.2, 0) is 0 Å². The molecule has 0 saturated carbocycles. The molecule has 2 N–H and O–H groups in total. The molecule has 80 valence electrons. The van der Waals surface area contributed by atoms with Crippen molar-refractivity contribution in [2.75, 3.05) is 11.9 Å². The van der Waals surface area contributed by atoms with Crippen LogP contribution in [0.25, 0.3) is 0 Å². The normalized spacial score (nSPS) is 11.2. The van der Waals surface area contributed by atoms with Crippen LogP contribution in [0.2, 0.25) is 5.15 Å². The molecule has 0 spiro atoms. The van der Waals surface area contributed by atoms with Crippen LogP contribution in [0.4, 0.5) is 5.69 Å². The number of hydrogen-bond donors (Lipinski definition) is 1. The van der Waals surface area contributed by atoms with Crippen LogP contribution < -0.4 is 10.6 Å². The number of guanidine groups is 1. The zero-order valence-electron chi connectivity index (χ0n) is 7.79. The highest BCUT2D eigenvalue weighted by Gasteiger charge is 2.08. The zero-order valence-corrected chi connectivity index (χ0v) is 8.55. The van der Waals surface area contributed by atoms with Crippen molar-refractivity contribution in [3.05, 3.63) is 33.6 Å². The van der Waals surface area contributed by atoms with E-state index in [0.717, 1.165) is 0 Å². The van der Waals surface area contributed by atoms with Gasteiger partial charge in [-0.05, 0) is 12.1 Å². The lowest BCUT2D eigenvalue weighted by molar-refractivity contribution is -0.485. The van der Waals surface area contributed by atoms with Gasteiger partial charge in [-0.15, -0.1) is 0 Å². The van der Waals surface area contributed by atoms with E-state index in [4.69, 9.17) is 17.3 Å². The fourth-order valence-corrected chi connectivity index (χ4v) is 0.961. The van der Waals surface area contributed by atoms with E-state index in [0.29, 0.717) is 10.8 Å². The van der Waals surface area contributed by atoms with Gasteiger partial charge in [-0.25, -0.2) is 15.1 Å². The molecule has 0 aliphatic carbocycles. The quantitative estimate of drug-likeness (QED) is 0.264. The summed E-state index contributed by atoms with van der Waals surface area (Å²) in [5.41, 5.74) is 5.92. The fourth-order valence-electron chi connectivity index (χ4n) is 0.849. The molecule has 8 heteroatoms. The van der Waals surface area contributed by atoms with Crippen LogP contribution in [-0.4, -0.2) is 23.0 Å². The maximum atomic E-state index is 10.1. The van der Waals surface area contributed by atoms with Gasteiger partial charge in [0, 0.05) is 7.05 Å². The standard InChI is InChI=1S/C7H8ClN5O2/c1-12(7(9)11-13(14)15)5-2-3-6(8)10-4-5/h2-4H,1H3,(H2,9,11). The van der Waals surface area contributed by atoms with Crippen LogP contribution in [0.15, 0.2) is 23.4 Å². The SMILES string of the molecule is CN(C(N)=N[N+](=O)[O-])c1ccc(Cl)nc1. The minimum atomic E-state index is -0.866. The average Bonchev–Trinajstić information content (AvgIpc) is 2.17. The number of anilines is 1. The fraction of sp³-hybridized carbons (Fsp3) is 0.143. The van der Waals surface area contributed by atoms with E-state index in [1.807, 2.05) is 0 Å². The van der Waals surface area contributed by atoms with Gasteiger partial charge in [-0.1, -0.05) is 11.6 Å².